The summed E-state index contributed by atoms with van der Waals surface area (Å²) >= 11 is 0. The lowest BCUT2D eigenvalue weighted by Crippen LogP contribution is -2.35. The number of carbonyl (C=O) groups excluding carboxylic acids is 1. The van der Waals surface area contributed by atoms with Crippen molar-refractivity contribution in [2.24, 2.45) is 0 Å². The van der Waals surface area contributed by atoms with E-state index in [2.05, 4.69) is 51.6 Å². The summed E-state index contributed by atoms with van der Waals surface area (Å²) in [6.45, 7) is 2.98. The number of aliphatic hydroxyl groups is 1. The lowest BCUT2D eigenvalue weighted by molar-refractivity contribution is 0.0922. The number of methoxy groups -OCH3 is 1. The van der Waals surface area contributed by atoms with Gasteiger partial charge in [-0.05, 0) is 52.9 Å². The minimum atomic E-state index is -0.434. The number of ether oxygens (including phenoxy) is 1. The van der Waals surface area contributed by atoms with Crippen LogP contribution in [0.3, 0.4) is 0 Å². The zero-order chi connectivity index (χ0) is 25.4. The fourth-order valence-electron chi connectivity index (χ4n) is 5.40. The second-order valence-electron chi connectivity index (χ2n) is 9.74. The van der Waals surface area contributed by atoms with Crippen LogP contribution in [-0.2, 0) is 13.1 Å². The minimum absolute atomic E-state index is 0.00955. The van der Waals surface area contributed by atoms with Gasteiger partial charge in [-0.3, -0.25) is 19.6 Å². The molecule has 3 heterocycles. The molecular weight excluding hydrogens is 464 g/mol. The zero-order valence-electron chi connectivity index (χ0n) is 20.8. The summed E-state index contributed by atoms with van der Waals surface area (Å²) in [7, 11) is 1.64. The first-order chi connectivity index (χ1) is 18.1. The minimum Gasteiger partial charge on any atom is -0.497 e. The highest BCUT2D eigenvalue weighted by Gasteiger charge is 2.32. The fourth-order valence-corrected chi connectivity index (χ4v) is 5.40. The van der Waals surface area contributed by atoms with E-state index >= 15 is 0 Å². The molecule has 3 aromatic carbocycles. The van der Waals surface area contributed by atoms with E-state index in [0.29, 0.717) is 12.2 Å². The van der Waals surface area contributed by atoms with Crippen molar-refractivity contribution >= 4 is 5.78 Å². The Hall–Kier alpha value is -3.78. The van der Waals surface area contributed by atoms with E-state index in [4.69, 9.17) is 4.74 Å². The molecule has 37 heavy (non-hydrogen) atoms. The third-order valence-electron chi connectivity index (χ3n) is 7.38. The highest BCUT2D eigenvalue weighted by Crippen LogP contribution is 2.31. The van der Waals surface area contributed by atoms with E-state index in [1.807, 2.05) is 41.0 Å². The van der Waals surface area contributed by atoms with E-state index in [1.54, 1.807) is 13.4 Å². The van der Waals surface area contributed by atoms with Gasteiger partial charge in [-0.2, -0.15) is 0 Å². The summed E-state index contributed by atoms with van der Waals surface area (Å²) < 4.78 is 7.13. The van der Waals surface area contributed by atoms with Crippen LogP contribution in [0.1, 0.15) is 39.8 Å². The number of aliphatic hydroxyl groups excluding tert-OH is 1. The SMILES string of the molecule is COc1ccc(-n2cnc3c2C(=O)C(c2ccc(-c4ccccc4CN4CC[C@@H](O)C4)cc2)NC3)cc1. The number of β-amino-alcohol motifs (C(OH)–C–C–N with tert-alkyl or cyclic N) is 1. The average Bonchev–Trinajstić information content (AvgIpc) is 3.56. The molecule has 1 fully saturated rings. The van der Waals surface area contributed by atoms with Gasteiger partial charge >= 0.3 is 0 Å². The van der Waals surface area contributed by atoms with Crippen molar-refractivity contribution in [2.45, 2.75) is 31.7 Å². The second kappa shape index (κ2) is 9.94. The van der Waals surface area contributed by atoms with Crippen molar-refractivity contribution < 1.29 is 14.6 Å². The van der Waals surface area contributed by atoms with Crippen molar-refractivity contribution in [3.8, 4) is 22.6 Å². The number of likely N-dealkylation sites (tertiary alicyclic amines) is 1. The molecule has 0 spiro atoms. The van der Waals surface area contributed by atoms with Crippen molar-refractivity contribution in [1.82, 2.24) is 19.8 Å². The lowest BCUT2D eigenvalue weighted by Gasteiger charge is -2.24. The number of Topliss-reactive ketones (excluding diaryl/α,β-unsaturated/α-hetero) is 1. The maximum atomic E-state index is 13.7. The van der Waals surface area contributed by atoms with Gasteiger partial charge in [0.1, 0.15) is 17.8 Å². The molecule has 7 heteroatoms. The van der Waals surface area contributed by atoms with Gasteiger partial charge in [-0.1, -0.05) is 48.5 Å². The molecule has 1 saturated heterocycles. The van der Waals surface area contributed by atoms with Crippen LogP contribution in [0.25, 0.3) is 16.8 Å². The molecule has 0 saturated carbocycles. The summed E-state index contributed by atoms with van der Waals surface area (Å²) in [6, 6.07) is 23.9. The molecule has 1 aromatic heterocycles. The number of rotatable bonds is 6. The Morgan fingerprint density at radius 3 is 2.57 bits per heavy atom. The van der Waals surface area contributed by atoms with E-state index < -0.39 is 6.04 Å². The Balaban J connectivity index is 1.25. The highest BCUT2D eigenvalue weighted by molar-refractivity contribution is 6.01. The van der Waals surface area contributed by atoms with Gasteiger partial charge in [0, 0.05) is 31.9 Å². The quantitative estimate of drug-likeness (QED) is 0.419. The predicted molar refractivity (Wildman–Crippen MR) is 142 cm³/mol. The number of hydrogen-bond donors (Lipinski definition) is 2. The highest BCUT2D eigenvalue weighted by atomic mass is 16.5. The number of fused-ring (bicyclic) bond motifs is 1. The molecule has 4 aromatic rings. The molecule has 0 bridgehead atoms. The molecule has 0 radical (unpaired) electrons. The number of carbonyl (C=O) groups is 1. The number of ketones is 1. The molecule has 2 N–H and O–H groups in total. The molecule has 6 rings (SSSR count). The molecule has 1 unspecified atom stereocenters. The normalized spacial score (nSPS) is 19.7. The average molecular weight is 495 g/mol. The Labute approximate surface area is 216 Å². The van der Waals surface area contributed by atoms with E-state index in [-0.39, 0.29) is 11.9 Å². The number of benzene rings is 3. The van der Waals surface area contributed by atoms with Crippen LogP contribution in [0, 0.1) is 0 Å². The monoisotopic (exact) mass is 494 g/mol. The largest absolute Gasteiger partial charge is 0.497 e. The van der Waals surface area contributed by atoms with Crippen LogP contribution in [-0.4, -0.2) is 51.6 Å². The number of imidazole rings is 1. The summed E-state index contributed by atoms with van der Waals surface area (Å²) in [6.07, 6.45) is 2.32. The summed E-state index contributed by atoms with van der Waals surface area (Å²) in [5, 5.41) is 13.3. The molecule has 2 aliphatic heterocycles. The standard InChI is InChI=1S/C30H30N4O3/c1-37-25-12-10-23(11-13-25)34-19-32-27-16-31-28(30(36)29(27)34)21-8-6-20(7-9-21)26-5-3-2-4-22(26)17-33-15-14-24(35)18-33/h2-13,19,24,28,31,35H,14-18H2,1H3/t24-,28?/m1/s1. The van der Waals surface area contributed by atoms with Crippen LogP contribution in [0.15, 0.2) is 79.1 Å². The zero-order valence-corrected chi connectivity index (χ0v) is 20.8. The van der Waals surface area contributed by atoms with E-state index in [1.165, 1.54) is 11.1 Å². The Bertz CT molecular complexity index is 1410. The molecule has 188 valence electrons. The van der Waals surface area contributed by atoms with Gasteiger partial charge < -0.3 is 9.84 Å². The summed E-state index contributed by atoms with van der Waals surface area (Å²) in [5.41, 5.74) is 6.72. The third kappa shape index (κ3) is 4.57. The Morgan fingerprint density at radius 1 is 1.05 bits per heavy atom. The smallest absolute Gasteiger partial charge is 0.202 e. The van der Waals surface area contributed by atoms with Gasteiger partial charge in [0.15, 0.2) is 0 Å². The van der Waals surface area contributed by atoms with Crippen LogP contribution in [0.4, 0.5) is 0 Å². The number of nitrogens with zero attached hydrogens (tertiary/aromatic N) is 3. The van der Waals surface area contributed by atoms with Crippen molar-refractivity contribution in [2.75, 3.05) is 20.2 Å². The topological polar surface area (TPSA) is 79.6 Å². The van der Waals surface area contributed by atoms with E-state index in [9.17, 15) is 9.90 Å². The fraction of sp³-hybridized carbons (Fsp3) is 0.267. The number of hydrogen-bond acceptors (Lipinski definition) is 6. The van der Waals surface area contributed by atoms with Gasteiger partial charge in [-0.15, -0.1) is 0 Å². The van der Waals surface area contributed by atoms with Gasteiger partial charge in [-0.25, -0.2) is 4.98 Å². The number of aromatic nitrogens is 2. The van der Waals surface area contributed by atoms with Gasteiger partial charge in [0.05, 0.1) is 24.9 Å². The van der Waals surface area contributed by atoms with Crippen LogP contribution in [0.5, 0.6) is 5.75 Å². The molecule has 0 amide bonds. The first-order valence-corrected chi connectivity index (χ1v) is 12.7. The van der Waals surface area contributed by atoms with Crippen molar-refractivity contribution in [3.05, 3.63) is 102 Å². The van der Waals surface area contributed by atoms with Crippen molar-refractivity contribution in [3.63, 3.8) is 0 Å². The molecule has 2 aliphatic rings. The molecule has 0 aliphatic carbocycles. The van der Waals surface area contributed by atoms with Crippen molar-refractivity contribution in [1.29, 1.82) is 0 Å². The first kappa shape index (κ1) is 23.6. The lowest BCUT2D eigenvalue weighted by atomic mass is 9.93. The maximum absolute atomic E-state index is 13.7. The summed E-state index contributed by atoms with van der Waals surface area (Å²) in [5.74, 6) is 0.776. The molecular formula is C30H30N4O3. The summed E-state index contributed by atoms with van der Waals surface area (Å²) in [4.78, 5) is 20.4. The molecule has 2 atom stereocenters. The van der Waals surface area contributed by atoms with Crippen LogP contribution >= 0.6 is 0 Å². The predicted octanol–water partition coefficient (Wildman–Crippen LogP) is 4.14. The molecule has 7 nitrogen and oxygen atoms in total. The number of nitrogens with one attached hydrogen (secondary N) is 1. The Kier molecular flexibility index (Phi) is 6.34. The maximum Gasteiger partial charge on any atom is 0.202 e. The Morgan fingerprint density at radius 2 is 1.84 bits per heavy atom. The third-order valence-corrected chi connectivity index (χ3v) is 7.38. The first-order valence-electron chi connectivity index (χ1n) is 12.7. The second-order valence-corrected chi connectivity index (χ2v) is 9.74. The van der Waals surface area contributed by atoms with Gasteiger partial charge in [0.25, 0.3) is 0 Å². The van der Waals surface area contributed by atoms with Crippen LogP contribution < -0.4 is 10.1 Å². The van der Waals surface area contributed by atoms with E-state index in [0.717, 1.165) is 54.3 Å². The van der Waals surface area contributed by atoms with Gasteiger partial charge in [0.2, 0.25) is 5.78 Å². The van der Waals surface area contributed by atoms with Crippen LogP contribution in [0.2, 0.25) is 0 Å².